The van der Waals surface area contributed by atoms with Crippen molar-refractivity contribution in [2.24, 2.45) is 5.92 Å². The van der Waals surface area contributed by atoms with Crippen LogP contribution in [0.1, 0.15) is 75.3 Å². The van der Waals surface area contributed by atoms with Crippen molar-refractivity contribution < 1.29 is 4.52 Å². The Morgan fingerprint density at radius 1 is 1.09 bits per heavy atom. The molecule has 5 heterocycles. The van der Waals surface area contributed by atoms with Crippen LogP contribution < -0.4 is 4.90 Å². The van der Waals surface area contributed by atoms with Gasteiger partial charge in [0.05, 0.1) is 11.9 Å². The summed E-state index contributed by atoms with van der Waals surface area (Å²) in [7, 11) is 2.17. The number of hydrogen-bond acceptors (Lipinski definition) is 8. The summed E-state index contributed by atoms with van der Waals surface area (Å²) in [5.41, 5.74) is 3.05. The molecule has 0 aromatic carbocycles. The van der Waals surface area contributed by atoms with Gasteiger partial charge in [-0.15, -0.1) is 0 Å². The van der Waals surface area contributed by atoms with Gasteiger partial charge in [-0.1, -0.05) is 19.0 Å². The van der Waals surface area contributed by atoms with Gasteiger partial charge in [0.2, 0.25) is 0 Å². The van der Waals surface area contributed by atoms with Crippen molar-refractivity contribution in [2.45, 2.75) is 77.3 Å². The lowest BCUT2D eigenvalue weighted by Gasteiger charge is -2.32. The van der Waals surface area contributed by atoms with Crippen LogP contribution in [0.2, 0.25) is 0 Å². The zero-order chi connectivity index (χ0) is 24.1. The number of nitriles is 1. The van der Waals surface area contributed by atoms with E-state index < -0.39 is 0 Å². The minimum absolute atomic E-state index is 0.361. The van der Waals surface area contributed by atoms with Gasteiger partial charge in [-0.05, 0) is 64.5 Å². The van der Waals surface area contributed by atoms with Crippen molar-refractivity contribution >= 4 is 16.9 Å². The highest BCUT2D eigenvalue weighted by Crippen LogP contribution is 2.38. The Morgan fingerprint density at radius 3 is 2.71 bits per heavy atom. The average molecular weight is 475 g/mol. The summed E-state index contributed by atoms with van der Waals surface area (Å²) in [6.07, 6.45) is 7.81. The number of piperidine rings is 1. The molecule has 0 radical (unpaired) electrons. The smallest absolute Gasteiger partial charge is 0.186 e. The maximum Gasteiger partial charge on any atom is 0.186 e. The first-order valence-corrected chi connectivity index (χ1v) is 13.2. The number of likely N-dealkylation sites (tertiary alicyclic amines) is 1. The van der Waals surface area contributed by atoms with Crippen molar-refractivity contribution in [1.29, 1.82) is 5.26 Å². The van der Waals surface area contributed by atoms with E-state index in [1.165, 1.54) is 12.8 Å². The summed E-state index contributed by atoms with van der Waals surface area (Å²) in [6, 6.07) is 2.73. The fourth-order valence-corrected chi connectivity index (χ4v) is 6.23. The third-order valence-corrected chi connectivity index (χ3v) is 8.23. The Kier molecular flexibility index (Phi) is 5.72. The maximum absolute atomic E-state index is 10.0. The number of rotatable bonds is 4. The molecule has 6 rings (SSSR count). The molecule has 3 aliphatic rings. The largest absolute Gasteiger partial charge is 0.360 e. The van der Waals surface area contributed by atoms with Gasteiger partial charge in [-0.2, -0.15) is 10.4 Å². The number of fused-ring (bicyclic) bond motifs is 2. The van der Waals surface area contributed by atoms with Crippen molar-refractivity contribution in [2.75, 3.05) is 31.6 Å². The molecule has 3 aromatic rings. The zero-order valence-corrected chi connectivity index (χ0v) is 21.0. The molecule has 0 bridgehead atoms. The van der Waals surface area contributed by atoms with Gasteiger partial charge in [0.1, 0.15) is 17.6 Å². The molecule has 2 saturated heterocycles. The molecule has 184 valence electrons. The van der Waals surface area contributed by atoms with Gasteiger partial charge in [0.15, 0.2) is 22.9 Å². The third-order valence-electron chi connectivity index (χ3n) is 8.23. The van der Waals surface area contributed by atoms with Crippen LogP contribution in [0.15, 0.2) is 4.52 Å². The van der Waals surface area contributed by atoms with Crippen LogP contribution >= 0.6 is 0 Å². The predicted molar refractivity (Wildman–Crippen MR) is 133 cm³/mol. The van der Waals surface area contributed by atoms with Crippen molar-refractivity contribution in [3.05, 3.63) is 17.0 Å². The molecule has 35 heavy (non-hydrogen) atoms. The van der Waals surface area contributed by atoms with E-state index >= 15 is 0 Å². The van der Waals surface area contributed by atoms with Crippen molar-refractivity contribution in [3.63, 3.8) is 0 Å². The fourth-order valence-electron chi connectivity index (χ4n) is 6.23. The maximum atomic E-state index is 10.0. The lowest BCUT2D eigenvalue weighted by molar-refractivity contribution is 0.276. The summed E-state index contributed by atoms with van der Waals surface area (Å²) < 4.78 is 7.76. The summed E-state index contributed by atoms with van der Waals surface area (Å²) in [5.74, 6) is 3.32. The van der Waals surface area contributed by atoms with Crippen LogP contribution in [-0.4, -0.2) is 62.5 Å². The summed E-state index contributed by atoms with van der Waals surface area (Å²) in [6.45, 7) is 8.13. The quantitative estimate of drug-likeness (QED) is 0.557. The summed E-state index contributed by atoms with van der Waals surface area (Å²) >= 11 is 0. The van der Waals surface area contributed by atoms with Crippen molar-refractivity contribution in [3.8, 4) is 17.6 Å². The molecule has 0 amide bonds. The molecule has 3 atom stereocenters. The molecule has 0 N–H and O–H groups in total. The first-order chi connectivity index (χ1) is 17.0. The number of aromatic nitrogens is 5. The standard InChI is InChI=1S/C26H34N8O/c1-16-7-5-12-33(14-16)25-21-20(13-27)30-34(15-18-9-6-11-32(18)3)26(21)29-24(28-25)22-19-10-4-8-17(2)23(19)35-31-22/h16-18H,4-12,14-15H2,1-3H3. The molecule has 2 fully saturated rings. The zero-order valence-electron chi connectivity index (χ0n) is 21.0. The number of anilines is 1. The van der Waals surface area contributed by atoms with E-state index in [1.54, 1.807) is 0 Å². The lowest BCUT2D eigenvalue weighted by atomic mass is 9.88. The molecule has 2 aliphatic heterocycles. The first-order valence-electron chi connectivity index (χ1n) is 13.2. The number of nitrogens with zero attached hydrogens (tertiary/aromatic N) is 8. The second-order valence-corrected chi connectivity index (χ2v) is 10.8. The predicted octanol–water partition coefficient (Wildman–Crippen LogP) is 4.12. The van der Waals surface area contributed by atoms with E-state index in [-0.39, 0.29) is 0 Å². The van der Waals surface area contributed by atoms with Gasteiger partial charge in [-0.25, -0.2) is 14.6 Å². The first kappa shape index (κ1) is 22.5. The van der Waals surface area contributed by atoms with Gasteiger partial charge < -0.3 is 14.3 Å². The van der Waals surface area contributed by atoms with Gasteiger partial charge >= 0.3 is 0 Å². The van der Waals surface area contributed by atoms with Crippen LogP contribution in [0.3, 0.4) is 0 Å². The van der Waals surface area contributed by atoms with E-state index in [4.69, 9.17) is 19.6 Å². The van der Waals surface area contributed by atoms with Crippen LogP contribution in [0.5, 0.6) is 0 Å². The third kappa shape index (κ3) is 3.88. The Labute approximate surface area is 206 Å². The fraction of sp³-hybridized carbons (Fsp3) is 0.654. The topological polar surface area (TPSA) is 99.9 Å². The normalized spacial score (nSPS) is 25.2. The Hall–Kier alpha value is -2.99. The summed E-state index contributed by atoms with van der Waals surface area (Å²) in [4.78, 5) is 14.8. The highest BCUT2D eigenvalue weighted by Gasteiger charge is 2.31. The molecule has 9 nitrogen and oxygen atoms in total. The van der Waals surface area contributed by atoms with E-state index in [0.29, 0.717) is 29.4 Å². The minimum Gasteiger partial charge on any atom is -0.360 e. The Morgan fingerprint density at radius 2 is 1.94 bits per heavy atom. The molecule has 9 heteroatoms. The Bertz CT molecular complexity index is 1290. The highest BCUT2D eigenvalue weighted by atomic mass is 16.5. The molecule has 3 unspecified atom stereocenters. The molecule has 3 aromatic heterocycles. The van der Waals surface area contributed by atoms with Gasteiger partial charge in [0.25, 0.3) is 0 Å². The van der Waals surface area contributed by atoms with Crippen LogP contribution in [0.25, 0.3) is 22.6 Å². The van der Waals surface area contributed by atoms with E-state index in [9.17, 15) is 5.26 Å². The van der Waals surface area contributed by atoms with E-state index in [1.807, 2.05) is 4.68 Å². The number of hydrogen-bond donors (Lipinski definition) is 0. The molecular formula is C26H34N8O. The van der Waals surface area contributed by atoms with Crippen molar-refractivity contribution in [1.82, 2.24) is 29.8 Å². The van der Waals surface area contributed by atoms with Crippen LogP contribution in [0.4, 0.5) is 5.82 Å². The second kappa shape index (κ2) is 8.90. The van der Waals surface area contributed by atoms with E-state index in [0.717, 1.165) is 92.2 Å². The van der Waals surface area contributed by atoms with Crippen LogP contribution in [0, 0.1) is 17.2 Å². The monoisotopic (exact) mass is 474 g/mol. The van der Waals surface area contributed by atoms with Gasteiger partial charge in [-0.3, -0.25) is 0 Å². The second-order valence-electron chi connectivity index (χ2n) is 10.8. The highest BCUT2D eigenvalue weighted by molar-refractivity contribution is 5.93. The Balaban J connectivity index is 1.53. The minimum atomic E-state index is 0.361. The lowest BCUT2D eigenvalue weighted by Crippen LogP contribution is -2.35. The molecule has 1 aliphatic carbocycles. The SMILES string of the molecule is CC1CCCN(c2nc(-c3noc4c3CCCC4C)nc3c2c(C#N)nn3CC2CCCN2C)C1. The van der Waals surface area contributed by atoms with E-state index in [2.05, 4.69) is 41.9 Å². The molecule has 0 saturated carbocycles. The van der Waals surface area contributed by atoms with Gasteiger partial charge in [0, 0.05) is 30.6 Å². The molecule has 0 spiro atoms. The summed E-state index contributed by atoms with van der Waals surface area (Å²) in [5, 5.41) is 20.0. The number of likely N-dealkylation sites (N-methyl/N-ethyl adjacent to an activating group) is 1. The molecular weight excluding hydrogens is 440 g/mol. The average Bonchev–Trinajstić information content (AvgIpc) is 3.57. The van der Waals surface area contributed by atoms with Crippen LogP contribution in [-0.2, 0) is 13.0 Å².